The van der Waals surface area contributed by atoms with Crippen LogP contribution in [0.3, 0.4) is 0 Å². The molecule has 142 valence electrons. The zero-order valence-electron chi connectivity index (χ0n) is 15.7. The minimum atomic E-state index is -0.895. The van der Waals surface area contributed by atoms with Gasteiger partial charge in [0.2, 0.25) is 0 Å². The topological polar surface area (TPSA) is 66.8 Å². The second kappa shape index (κ2) is 7.56. The minimum Gasteiger partial charge on any atom is -0.481 e. The number of carboxylic acid groups (broad SMARTS) is 1. The molecule has 0 aliphatic carbocycles. The van der Waals surface area contributed by atoms with Crippen LogP contribution in [-0.4, -0.2) is 17.0 Å². The van der Waals surface area contributed by atoms with Gasteiger partial charge in [-0.1, -0.05) is 38.8 Å². The van der Waals surface area contributed by atoms with Gasteiger partial charge in [0.05, 0.1) is 12.0 Å². The first-order chi connectivity index (χ1) is 13.4. The number of nitrogens with zero attached hydrogens (tertiary/aromatic N) is 1. The number of rotatable bonds is 7. The Kier molecular flexibility index (Phi) is 5.18. The predicted molar refractivity (Wildman–Crippen MR) is 109 cm³/mol. The molecule has 1 heterocycles. The molecule has 0 atom stereocenters. The van der Waals surface area contributed by atoms with E-state index in [4.69, 9.17) is 9.84 Å². The Labute approximate surface area is 163 Å². The van der Waals surface area contributed by atoms with Gasteiger partial charge in [0, 0.05) is 21.8 Å². The third kappa shape index (κ3) is 3.34. The van der Waals surface area contributed by atoms with Crippen molar-refractivity contribution in [1.29, 1.82) is 0 Å². The van der Waals surface area contributed by atoms with Crippen LogP contribution < -0.4 is 20.1 Å². The van der Waals surface area contributed by atoms with Crippen LogP contribution in [-0.2, 0) is 11.2 Å². The molecule has 0 spiro atoms. The van der Waals surface area contributed by atoms with Crippen molar-refractivity contribution in [2.75, 3.05) is 4.90 Å². The van der Waals surface area contributed by atoms with Gasteiger partial charge in [0.15, 0.2) is 0 Å². The van der Waals surface area contributed by atoms with Gasteiger partial charge in [-0.25, -0.2) is 0 Å². The Morgan fingerprint density at radius 2 is 1.89 bits per heavy atom. The molecule has 5 heteroatoms. The smallest absolute Gasteiger partial charge is 0.307 e. The third-order valence-corrected chi connectivity index (χ3v) is 4.62. The normalized spacial score (nSPS) is 12.7. The summed E-state index contributed by atoms with van der Waals surface area (Å²) in [4.78, 5) is 25.6. The number of fused-ring (bicyclic) bond motifs is 1. The van der Waals surface area contributed by atoms with E-state index in [1.165, 1.54) is 6.08 Å². The zero-order chi connectivity index (χ0) is 20.4. The fourth-order valence-electron chi connectivity index (χ4n) is 3.32. The summed E-state index contributed by atoms with van der Waals surface area (Å²) in [7, 11) is 0. The van der Waals surface area contributed by atoms with Crippen LogP contribution >= 0.6 is 0 Å². The first-order valence-electron chi connectivity index (χ1n) is 8.86. The second-order valence-corrected chi connectivity index (χ2v) is 6.42. The molecule has 1 aliphatic rings. The van der Waals surface area contributed by atoms with Gasteiger partial charge in [-0.3, -0.25) is 14.5 Å². The SMILES string of the molecule is C=CC(=C)Oc1ccc2c(c1=C)=C(CC)N(c1ccc(CC(=O)O)cc1)C2=O. The van der Waals surface area contributed by atoms with Crippen LogP contribution in [0.4, 0.5) is 5.69 Å². The number of anilines is 1. The molecule has 0 aromatic heterocycles. The molecule has 0 radical (unpaired) electrons. The monoisotopic (exact) mass is 375 g/mol. The Bertz CT molecular complexity index is 1100. The highest BCUT2D eigenvalue weighted by atomic mass is 16.5. The number of hydrogen-bond acceptors (Lipinski definition) is 3. The zero-order valence-corrected chi connectivity index (χ0v) is 15.7. The van der Waals surface area contributed by atoms with Crippen molar-refractivity contribution in [1.82, 2.24) is 0 Å². The molecule has 1 aliphatic heterocycles. The highest BCUT2D eigenvalue weighted by Gasteiger charge is 2.30. The number of carbonyl (C=O) groups is 2. The lowest BCUT2D eigenvalue weighted by Crippen LogP contribution is -2.29. The summed E-state index contributed by atoms with van der Waals surface area (Å²) in [5, 5.41) is 10.3. The molecule has 0 saturated carbocycles. The molecule has 1 amide bonds. The van der Waals surface area contributed by atoms with E-state index in [1.807, 2.05) is 6.92 Å². The van der Waals surface area contributed by atoms with Gasteiger partial charge in [0.1, 0.15) is 11.5 Å². The molecule has 0 unspecified atom stereocenters. The van der Waals surface area contributed by atoms with Crippen LogP contribution in [0, 0.1) is 0 Å². The summed E-state index contributed by atoms with van der Waals surface area (Å²) in [6, 6.07) is 10.4. The summed E-state index contributed by atoms with van der Waals surface area (Å²) in [5.74, 6) is -0.107. The molecule has 3 rings (SSSR count). The summed E-state index contributed by atoms with van der Waals surface area (Å²) in [6.45, 7) is 13.5. The lowest BCUT2D eigenvalue weighted by molar-refractivity contribution is -0.136. The van der Waals surface area contributed by atoms with Gasteiger partial charge in [-0.15, -0.1) is 0 Å². The maximum atomic E-state index is 13.1. The predicted octanol–water partition coefficient (Wildman–Crippen LogP) is 2.98. The molecule has 1 N–H and O–H groups in total. The van der Waals surface area contributed by atoms with Gasteiger partial charge in [-0.05, 0) is 42.3 Å². The van der Waals surface area contributed by atoms with E-state index < -0.39 is 5.97 Å². The molecule has 2 aromatic carbocycles. The fraction of sp³-hybridized carbons (Fsp3) is 0.130. The van der Waals surface area contributed by atoms with E-state index in [2.05, 4.69) is 19.7 Å². The first kappa shape index (κ1) is 19.2. The summed E-state index contributed by atoms with van der Waals surface area (Å²) in [6.07, 6.45) is 2.06. The van der Waals surface area contributed by atoms with Crippen LogP contribution in [0.2, 0.25) is 0 Å². The van der Waals surface area contributed by atoms with E-state index in [0.717, 1.165) is 10.9 Å². The van der Waals surface area contributed by atoms with Crippen molar-refractivity contribution in [3.05, 3.63) is 83.0 Å². The highest BCUT2D eigenvalue weighted by molar-refractivity contribution is 6.16. The first-order valence-corrected chi connectivity index (χ1v) is 8.86. The number of allylic oxidation sites excluding steroid dienone is 1. The Balaban J connectivity index is 2.10. The van der Waals surface area contributed by atoms with Crippen molar-refractivity contribution in [3.8, 4) is 5.75 Å². The lowest BCUT2D eigenvalue weighted by atomic mass is 10.1. The number of hydrogen-bond donors (Lipinski definition) is 1. The quantitative estimate of drug-likeness (QED) is 0.597. The van der Waals surface area contributed by atoms with Gasteiger partial charge in [-0.2, -0.15) is 0 Å². The van der Waals surface area contributed by atoms with Crippen LogP contribution in [0.1, 0.15) is 29.3 Å². The Morgan fingerprint density at radius 3 is 2.46 bits per heavy atom. The summed E-state index contributed by atoms with van der Waals surface area (Å²) >= 11 is 0. The Hall–Kier alpha value is -3.60. The van der Waals surface area contributed by atoms with E-state index in [9.17, 15) is 9.59 Å². The minimum absolute atomic E-state index is 0.0598. The molecular formula is C23H21NO4. The lowest BCUT2D eigenvalue weighted by Gasteiger charge is -2.20. The number of benzene rings is 2. The standard InChI is InChI=1S/C23H21NO4/c1-5-14(3)28-20-12-11-18-22(15(20)4)19(6-2)24(23(18)27)17-9-7-16(8-10-17)13-21(25)26/h5,7-12H,1,3-4,6,13H2,2H3,(H,25,26). The van der Waals surface area contributed by atoms with E-state index in [-0.39, 0.29) is 12.3 Å². The molecule has 5 nitrogen and oxygen atoms in total. The van der Waals surface area contributed by atoms with Crippen molar-refractivity contribution < 1.29 is 19.4 Å². The summed E-state index contributed by atoms with van der Waals surface area (Å²) in [5.41, 5.74) is 2.75. The van der Waals surface area contributed by atoms with Crippen molar-refractivity contribution >= 4 is 29.8 Å². The van der Waals surface area contributed by atoms with Crippen LogP contribution in [0.25, 0.3) is 12.3 Å². The number of amides is 1. The van der Waals surface area contributed by atoms with Gasteiger partial charge in [0.25, 0.3) is 5.91 Å². The molecule has 2 aromatic rings. The van der Waals surface area contributed by atoms with E-state index in [1.54, 1.807) is 41.3 Å². The second-order valence-electron chi connectivity index (χ2n) is 6.42. The molecule has 0 bridgehead atoms. The van der Waals surface area contributed by atoms with Crippen molar-refractivity contribution in [2.45, 2.75) is 19.8 Å². The highest BCUT2D eigenvalue weighted by Crippen LogP contribution is 2.28. The third-order valence-electron chi connectivity index (χ3n) is 4.62. The number of carboxylic acids is 1. The summed E-state index contributed by atoms with van der Waals surface area (Å²) < 4.78 is 5.67. The fourth-order valence-corrected chi connectivity index (χ4v) is 3.32. The van der Waals surface area contributed by atoms with E-state index >= 15 is 0 Å². The maximum Gasteiger partial charge on any atom is 0.307 e. The van der Waals surface area contributed by atoms with E-state index in [0.29, 0.717) is 40.0 Å². The molecule has 0 saturated heterocycles. The van der Waals surface area contributed by atoms with Crippen molar-refractivity contribution in [3.63, 3.8) is 0 Å². The number of carbonyl (C=O) groups excluding carboxylic acids is 1. The van der Waals surface area contributed by atoms with Crippen LogP contribution in [0.15, 0.2) is 61.4 Å². The maximum absolute atomic E-state index is 13.1. The van der Waals surface area contributed by atoms with Gasteiger partial charge >= 0.3 is 5.97 Å². The Morgan fingerprint density at radius 1 is 1.21 bits per heavy atom. The average Bonchev–Trinajstić information content (AvgIpc) is 2.96. The molecule has 0 fully saturated rings. The number of aliphatic carboxylic acids is 1. The largest absolute Gasteiger partial charge is 0.481 e. The van der Waals surface area contributed by atoms with Crippen molar-refractivity contribution in [2.24, 2.45) is 0 Å². The number of ether oxygens (including phenoxy) is 1. The van der Waals surface area contributed by atoms with Crippen LogP contribution in [0.5, 0.6) is 5.75 Å². The molecule has 28 heavy (non-hydrogen) atoms. The average molecular weight is 375 g/mol. The van der Waals surface area contributed by atoms with Gasteiger partial charge < -0.3 is 9.84 Å². The molecular weight excluding hydrogens is 354 g/mol.